The highest BCUT2D eigenvalue weighted by Crippen LogP contribution is 2.13. The van der Waals surface area contributed by atoms with Crippen LogP contribution in [0.4, 0.5) is 0 Å². The van der Waals surface area contributed by atoms with E-state index in [0.717, 1.165) is 65.2 Å². The number of aliphatic carboxylic acids is 1. The number of carboxylic acid groups (broad SMARTS) is 1. The number of hydrogen-bond acceptors (Lipinski definition) is 7. The average Bonchev–Trinajstić information content (AvgIpc) is 2.87. The molecule has 0 bridgehead atoms. The van der Waals surface area contributed by atoms with E-state index in [1.165, 1.54) is 83.5 Å². The molecule has 0 radical (unpaired) electrons. The van der Waals surface area contributed by atoms with Crippen molar-refractivity contribution < 1.29 is 9.90 Å². The number of nitrogens with one attached hydrogen (secondary N) is 4. The Morgan fingerprint density at radius 2 is 0.778 bits per heavy atom. The highest BCUT2D eigenvalue weighted by molar-refractivity contribution is 5.66. The highest BCUT2D eigenvalue weighted by atomic mass is 16.4. The first-order chi connectivity index (χ1) is 17.7. The van der Waals surface area contributed by atoms with Gasteiger partial charge in [-0.15, -0.1) is 0 Å². The lowest BCUT2D eigenvalue weighted by Gasteiger charge is -2.07. The van der Waals surface area contributed by atoms with Crippen LogP contribution in [0.15, 0.2) is 0 Å². The lowest BCUT2D eigenvalue weighted by atomic mass is 10.0. The Labute approximate surface area is 223 Å². The summed E-state index contributed by atoms with van der Waals surface area (Å²) in [5, 5.41) is 21.7. The van der Waals surface area contributed by atoms with E-state index in [9.17, 15) is 4.79 Å². The van der Waals surface area contributed by atoms with Gasteiger partial charge in [0.2, 0.25) is 0 Å². The van der Waals surface area contributed by atoms with Gasteiger partial charge in [-0.1, -0.05) is 96.8 Å². The minimum absolute atomic E-state index is 0.345. The molecule has 8 heteroatoms. The molecule has 9 N–H and O–H groups in total. The first-order valence-corrected chi connectivity index (χ1v) is 15.1. The van der Waals surface area contributed by atoms with Gasteiger partial charge < -0.3 is 37.8 Å². The Morgan fingerprint density at radius 3 is 1.06 bits per heavy atom. The maximum Gasteiger partial charge on any atom is 0.303 e. The van der Waals surface area contributed by atoms with Crippen LogP contribution in [0.25, 0.3) is 0 Å². The van der Waals surface area contributed by atoms with Gasteiger partial charge in [0, 0.05) is 71.9 Å². The van der Waals surface area contributed by atoms with E-state index in [1.807, 2.05) is 0 Å². The summed E-state index contributed by atoms with van der Waals surface area (Å²) in [4.78, 5) is 10.3. The van der Waals surface area contributed by atoms with Gasteiger partial charge in [0.1, 0.15) is 0 Å². The van der Waals surface area contributed by atoms with Crippen LogP contribution in [0.3, 0.4) is 0 Å². The first kappa shape index (κ1) is 37.4. The quantitative estimate of drug-likeness (QED) is 0.0749. The number of nitrogens with two attached hydrogens (primary N) is 2. The molecule has 8 nitrogen and oxygen atoms in total. The zero-order valence-corrected chi connectivity index (χ0v) is 23.9. The maximum absolute atomic E-state index is 10.3. The number of rotatable bonds is 29. The van der Waals surface area contributed by atoms with Gasteiger partial charge in [-0.3, -0.25) is 4.79 Å². The van der Waals surface area contributed by atoms with E-state index in [2.05, 4.69) is 28.2 Å². The number of carbonyl (C=O) groups is 1. The highest BCUT2D eigenvalue weighted by Gasteiger charge is 1.97. The summed E-state index contributed by atoms with van der Waals surface area (Å²) in [5.41, 5.74) is 10.7. The zero-order chi connectivity index (χ0) is 26.8. The predicted octanol–water partition coefficient (Wildman–Crippen LogP) is 3.59. The van der Waals surface area contributed by atoms with Gasteiger partial charge in [-0.05, 0) is 6.42 Å². The molecule has 0 aromatic carbocycles. The van der Waals surface area contributed by atoms with Gasteiger partial charge in [0.15, 0.2) is 0 Å². The Kier molecular flexibility index (Phi) is 37.8. The molecule has 36 heavy (non-hydrogen) atoms. The van der Waals surface area contributed by atoms with Gasteiger partial charge in [-0.2, -0.15) is 0 Å². The molecule has 0 aromatic rings. The molecule has 0 saturated heterocycles. The summed E-state index contributed by atoms with van der Waals surface area (Å²) in [5.74, 6) is -0.653. The van der Waals surface area contributed by atoms with Crippen molar-refractivity contribution in [1.29, 1.82) is 0 Å². The summed E-state index contributed by atoms with van der Waals surface area (Å²) in [6.07, 6.45) is 20.2. The minimum Gasteiger partial charge on any atom is -0.481 e. The Bertz CT molecular complexity index is 388. The zero-order valence-electron chi connectivity index (χ0n) is 23.9. The summed E-state index contributed by atoms with van der Waals surface area (Å²) in [7, 11) is 0. The summed E-state index contributed by atoms with van der Waals surface area (Å²) in [6, 6.07) is 0. The summed E-state index contributed by atoms with van der Waals surface area (Å²) in [6.45, 7) is 11.4. The molecule has 0 aliphatic rings. The lowest BCUT2D eigenvalue weighted by Crippen LogP contribution is -2.36. The molecule has 0 aromatic heterocycles. The van der Waals surface area contributed by atoms with Gasteiger partial charge in [0.25, 0.3) is 0 Å². The van der Waals surface area contributed by atoms with Crippen LogP contribution < -0.4 is 32.7 Å². The van der Waals surface area contributed by atoms with Crippen LogP contribution in [0.2, 0.25) is 0 Å². The van der Waals surface area contributed by atoms with Gasteiger partial charge in [-0.25, -0.2) is 0 Å². The second-order valence-electron chi connectivity index (χ2n) is 9.67. The molecular formula is C28H64N6O2. The molecule has 0 saturated carbocycles. The monoisotopic (exact) mass is 517 g/mol. The van der Waals surface area contributed by atoms with E-state index in [-0.39, 0.29) is 0 Å². The molecule has 0 spiro atoms. The van der Waals surface area contributed by atoms with Crippen LogP contribution in [0, 0.1) is 0 Å². The molecule has 0 aliphatic heterocycles. The van der Waals surface area contributed by atoms with Crippen LogP contribution in [-0.4, -0.2) is 76.5 Å². The van der Waals surface area contributed by atoms with Crippen LogP contribution in [-0.2, 0) is 4.79 Å². The van der Waals surface area contributed by atoms with Crippen molar-refractivity contribution in [3.63, 3.8) is 0 Å². The number of unbranched alkanes of at least 4 members (excludes halogenated alkanes) is 14. The van der Waals surface area contributed by atoms with E-state index in [4.69, 9.17) is 16.6 Å². The fraction of sp³-hybridized carbons (Fsp3) is 0.964. The minimum atomic E-state index is -0.653. The molecule has 218 valence electrons. The second kappa shape index (κ2) is 36.4. The summed E-state index contributed by atoms with van der Waals surface area (Å²) >= 11 is 0. The topological polar surface area (TPSA) is 137 Å². The SMILES string of the molecule is CCCCCCCCCCCCCCCCCC(=O)O.NCCNCCNCCNCCNCCN. The van der Waals surface area contributed by atoms with Crippen LogP contribution >= 0.6 is 0 Å². The fourth-order valence-corrected chi connectivity index (χ4v) is 3.88. The second-order valence-corrected chi connectivity index (χ2v) is 9.67. The molecule has 0 amide bonds. The third-order valence-electron chi connectivity index (χ3n) is 6.07. The molecule has 0 fully saturated rings. The number of carboxylic acids is 1. The third-order valence-corrected chi connectivity index (χ3v) is 6.07. The molecule has 0 unspecified atom stereocenters. The predicted molar refractivity (Wildman–Crippen MR) is 157 cm³/mol. The van der Waals surface area contributed by atoms with Gasteiger partial charge >= 0.3 is 5.97 Å². The van der Waals surface area contributed by atoms with Crippen molar-refractivity contribution in [2.75, 3.05) is 65.4 Å². The standard InChI is InChI=1S/C18H36O2.C10H28N6/c1-2-3-4-5-6-7-8-9-10-11-12-13-14-15-16-17-18(19)20;11-1-3-13-5-7-15-9-10-16-8-6-14-4-2-12/h2-17H2,1H3,(H,19,20);13-16H,1-12H2. The maximum atomic E-state index is 10.3. The summed E-state index contributed by atoms with van der Waals surface area (Å²) < 4.78 is 0. The number of hydrogen-bond donors (Lipinski definition) is 7. The molecule has 0 aliphatic carbocycles. The van der Waals surface area contributed by atoms with Crippen molar-refractivity contribution in [3.8, 4) is 0 Å². The largest absolute Gasteiger partial charge is 0.481 e. The molecule has 0 atom stereocenters. The molecule has 0 heterocycles. The lowest BCUT2D eigenvalue weighted by molar-refractivity contribution is -0.137. The molecule has 0 rings (SSSR count). The van der Waals surface area contributed by atoms with E-state index < -0.39 is 5.97 Å². The Balaban J connectivity index is 0. The van der Waals surface area contributed by atoms with Crippen molar-refractivity contribution in [2.24, 2.45) is 11.5 Å². The Morgan fingerprint density at radius 1 is 0.500 bits per heavy atom. The third kappa shape index (κ3) is 40.4. The van der Waals surface area contributed by atoms with Crippen LogP contribution in [0.1, 0.15) is 110 Å². The van der Waals surface area contributed by atoms with Crippen LogP contribution in [0.5, 0.6) is 0 Å². The average molecular weight is 517 g/mol. The smallest absolute Gasteiger partial charge is 0.303 e. The molecular weight excluding hydrogens is 452 g/mol. The van der Waals surface area contributed by atoms with Crippen molar-refractivity contribution in [3.05, 3.63) is 0 Å². The van der Waals surface area contributed by atoms with Crippen molar-refractivity contribution in [2.45, 2.75) is 110 Å². The van der Waals surface area contributed by atoms with E-state index in [1.54, 1.807) is 0 Å². The van der Waals surface area contributed by atoms with Crippen molar-refractivity contribution in [1.82, 2.24) is 21.3 Å². The Hall–Kier alpha value is -0.770. The van der Waals surface area contributed by atoms with Gasteiger partial charge in [0.05, 0.1) is 0 Å². The van der Waals surface area contributed by atoms with E-state index >= 15 is 0 Å². The normalized spacial score (nSPS) is 10.9. The first-order valence-electron chi connectivity index (χ1n) is 15.1. The van der Waals surface area contributed by atoms with Crippen molar-refractivity contribution >= 4 is 5.97 Å². The van der Waals surface area contributed by atoms with E-state index in [0.29, 0.717) is 19.5 Å². The fourth-order valence-electron chi connectivity index (χ4n) is 3.88.